The number of aryl methyl sites for hydroxylation is 2. The van der Waals surface area contributed by atoms with Crippen molar-refractivity contribution in [3.05, 3.63) is 17.5 Å². The van der Waals surface area contributed by atoms with Crippen LogP contribution in [-0.2, 0) is 13.5 Å². The summed E-state index contributed by atoms with van der Waals surface area (Å²) in [6.07, 6.45) is 6.31. The Balaban J connectivity index is 2.07. The van der Waals surface area contributed by atoms with Gasteiger partial charge in [-0.3, -0.25) is 9.48 Å². The van der Waals surface area contributed by atoms with Crippen molar-refractivity contribution >= 4 is 5.91 Å². The molecule has 2 heterocycles. The van der Waals surface area contributed by atoms with Crippen molar-refractivity contribution in [2.24, 2.45) is 7.05 Å². The first-order valence-electron chi connectivity index (χ1n) is 7.70. The fourth-order valence-electron chi connectivity index (χ4n) is 2.85. The molecule has 1 fully saturated rings. The Morgan fingerprint density at radius 2 is 2.30 bits per heavy atom. The third-order valence-electron chi connectivity index (χ3n) is 3.99. The molecule has 0 spiro atoms. The van der Waals surface area contributed by atoms with Crippen molar-refractivity contribution in [3.8, 4) is 0 Å². The molecule has 1 atom stereocenters. The molecule has 1 N–H and O–H groups in total. The average molecular weight is 278 g/mol. The zero-order valence-corrected chi connectivity index (χ0v) is 12.9. The number of aromatic nitrogens is 2. The molecule has 1 aliphatic rings. The molecule has 2 rings (SSSR count). The van der Waals surface area contributed by atoms with Crippen molar-refractivity contribution in [1.82, 2.24) is 20.0 Å². The molecule has 1 aromatic heterocycles. The summed E-state index contributed by atoms with van der Waals surface area (Å²) in [5.74, 6) is 0.116. The summed E-state index contributed by atoms with van der Waals surface area (Å²) in [4.78, 5) is 14.6. The van der Waals surface area contributed by atoms with Gasteiger partial charge in [0.1, 0.15) is 0 Å². The third kappa shape index (κ3) is 3.39. The highest BCUT2D eigenvalue weighted by Crippen LogP contribution is 2.14. The van der Waals surface area contributed by atoms with E-state index in [-0.39, 0.29) is 5.91 Å². The normalized spacial score (nSPS) is 19.1. The SMILES string of the molecule is CCc1nn(C)cc1C(=O)N(CC)CC1CCCCN1. The number of carbonyl (C=O) groups is 1. The van der Waals surface area contributed by atoms with Crippen LogP contribution in [0.5, 0.6) is 0 Å². The number of carbonyl (C=O) groups excluding carboxylic acids is 1. The number of nitrogens with zero attached hydrogens (tertiary/aromatic N) is 3. The van der Waals surface area contributed by atoms with E-state index < -0.39 is 0 Å². The lowest BCUT2D eigenvalue weighted by Gasteiger charge is -2.30. The number of amides is 1. The van der Waals surface area contributed by atoms with Gasteiger partial charge in [0, 0.05) is 32.4 Å². The van der Waals surface area contributed by atoms with Crippen LogP contribution >= 0.6 is 0 Å². The van der Waals surface area contributed by atoms with Gasteiger partial charge in [-0.25, -0.2) is 0 Å². The maximum Gasteiger partial charge on any atom is 0.257 e. The first-order chi connectivity index (χ1) is 9.65. The van der Waals surface area contributed by atoms with Crippen molar-refractivity contribution in [2.75, 3.05) is 19.6 Å². The van der Waals surface area contributed by atoms with E-state index in [9.17, 15) is 4.79 Å². The van der Waals surface area contributed by atoms with Crippen LogP contribution in [0.2, 0.25) is 0 Å². The van der Waals surface area contributed by atoms with E-state index in [0.717, 1.165) is 43.7 Å². The quantitative estimate of drug-likeness (QED) is 0.890. The lowest BCUT2D eigenvalue weighted by molar-refractivity contribution is 0.0740. The van der Waals surface area contributed by atoms with Crippen LogP contribution in [0.1, 0.15) is 49.2 Å². The second kappa shape index (κ2) is 6.88. The van der Waals surface area contributed by atoms with Gasteiger partial charge in [-0.05, 0) is 32.7 Å². The summed E-state index contributed by atoms with van der Waals surface area (Å²) in [6.45, 7) is 6.70. The molecule has 5 nitrogen and oxygen atoms in total. The molecular formula is C15H26N4O. The third-order valence-corrected chi connectivity index (χ3v) is 3.99. The summed E-state index contributed by atoms with van der Waals surface area (Å²) in [5.41, 5.74) is 1.65. The molecule has 112 valence electrons. The molecule has 0 bridgehead atoms. The molecule has 0 saturated carbocycles. The Bertz CT molecular complexity index is 449. The lowest BCUT2D eigenvalue weighted by atomic mass is 10.0. The van der Waals surface area contributed by atoms with Crippen LogP contribution in [0.25, 0.3) is 0 Å². The van der Waals surface area contributed by atoms with Gasteiger partial charge in [-0.1, -0.05) is 13.3 Å². The van der Waals surface area contributed by atoms with Crippen molar-refractivity contribution < 1.29 is 4.79 Å². The molecule has 0 aromatic carbocycles. The maximum absolute atomic E-state index is 12.7. The number of nitrogens with one attached hydrogen (secondary N) is 1. The maximum atomic E-state index is 12.7. The minimum absolute atomic E-state index is 0.116. The fourth-order valence-corrected chi connectivity index (χ4v) is 2.85. The predicted octanol–water partition coefficient (Wildman–Crippen LogP) is 1.59. The molecule has 1 aromatic rings. The lowest BCUT2D eigenvalue weighted by Crippen LogP contribution is -2.45. The van der Waals surface area contributed by atoms with Crippen molar-refractivity contribution in [1.29, 1.82) is 0 Å². The van der Waals surface area contributed by atoms with Gasteiger partial charge in [0.25, 0.3) is 5.91 Å². The van der Waals surface area contributed by atoms with E-state index in [1.165, 1.54) is 12.8 Å². The molecule has 1 unspecified atom stereocenters. The Morgan fingerprint density at radius 1 is 1.50 bits per heavy atom. The van der Waals surface area contributed by atoms with Gasteiger partial charge in [0.2, 0.25) is 0 Å². The summed E-state index contributed by atoms with van der Waals surface area (Å²) < 4.78 is 1.73. The number of piperidine rings is 1. The molecule has 1 saturated heterocycles. The van der Waals surface area contributed by atoms with Crippen LogP contribution < -0.4 is 5.32 Å². The van der Waals surface area contributed by atoms with Crippen LogP contribution in [0, 0.1) is 0 Å². The predicted molar refractivity (Wildman–Crippen MR) is 79.8 cm³/mol. The van der Waals surface area contributed by atoms with E-state index in [0.29, 0.717) is 6.04 Å². The highest BCUT2D eigenvalue weighted by atomic mass is 16.2. The monoisotopic (exact) mass is 278 g/mol. The van der Waals surface area contributed by atoms with Crippen molar-refractivity contribution in [2.45, 2.75) is 45.6 Å². The largest absolute Gasteiger partial charge is 0.337 e. The summed E-state index contributed by atoms with van der Waals surface area (Å²) in [5, 5.41) is 7.88. The van der Waals surface area contributed by atoms with Crippen LogP contribution in [0.3, 0.4) is 0 Å². The zero-order valence-electron chi connectivity index (χ0n) is 12.9. The van der Waals surface area contributed by atoms with Gasteiger partial charge in [0.15, 0.2) is 0 Å². The standard InChI is InChI=1S/C15H26N4O/c1-4-14-13(11-18(3)17-14)15(20)19(5-2)10-12-8-6-7-9-16-12/h11-12,16H,4-10H2,1-3H3. The Hall–Kier alpha value is -1.36. The molecule has 0 radical (unpaired) electrons. The minimum atomic E-state index is 0.116. The Kier molecular flexibility index (Phi) is 5.17. The molecule has 1 amide bonds. The van der Waals surface area contributed by atoms with E-state index in [2.05, 4.69) is 10.4 Å². The first-order valence-corrected chi connectivity index (χ1v) is 7.70. The van der Waals surface area contributed by atoms with E-state index >= 15 is 0 Å². The molecular weight excluding hydrogens is 252 g/mol. The number of rotatable bonds is 5. The zero-order chi connectivity index (χ0) is 14.5. The van der Waals surface area contributed by atoms with Gasteiger partial charge in [-0.15, -0.1) is 0 Å². The topological polar surface area (TPSA) is 50.2 Å². The first kappa shape index (κ1) is 15.0. The highest BCUT2D eigenvalue weighted by Gasteiger charge is 2.23. The molecule has 20 heavy (non-hydrogen) atoms. The fraction of sp³-hybridized carbons (Fsp3) is 0.733. The minimum Gasteiger partial charge on any atom is -0.337 e. The summed E-state index contributed by atoms with van der Waals surface area (Å²) in [7, 11) is 1.87. The van der Waals surface area contributed by atoms with Gasteiger partial charge in [-0.2, -0.15) is 5.10 Å². The molecule has 0 aliphatic carbocycles. The smallest absolute Gasteiger partial charge is 0.257 e. The number of hydrogen-bond donors (Lipinski definition) is 1. The second-order valence-corrected chi connectivity index (χ2v) is 5.51. The average Bonchev–Trinajstić information content (AvgIpc) is 2.86. The number of hydrogen-bond acceptors (Lipinski definition) is 3. The van der Waals surface area contributed by atoms with Crippen LogP contribution in [0.15, 0.2) is 6.20 Å². The highest BCUT2D eigenvalue weighted by molar-refractivity contribution is 5.95. The molecule has 1 aliphatic heterocycles. The van der Waals surface area contributed by atoms with E-state index in [4.69, 9.17) is 0 Å². The summed E-state index contributed by atoms with van der Waals surface area (Å²) >= 11 is 0. The molecule has 5 heteroatoms. The van der Waals surface area contributed by atoms with E-state index in [1.54, 1.807) is 4.68 Å². The van der Waals surface area contributed by atoms with Gasteiger partial charge in [0.05, 0.1) is 11.3 Å². The van der Waals surface area contributed by atoms with Crippen LogP contribution in [-0.4, -0.2) is 46.3 Å². The van der Waals surface area contributed by atoms with Gasteiger partial charge >= 0.3 is 0 Å². The Labute approximate surface area is 121 Å². The summed E-state index contributed by atoms with van der Waals surface area (Å²) in [6, 6.07) is 0.439. The van der Waals surface area contributed by atoms with Crippen molar-refractivity contribution in [3.63, 3.8) is 0 Å². The van der Waals surface area contributed by atoms with Crippen LogP contribution in [0.4, 0.5) is 0 Å². The second-order valence-electron chi connectivity index (χ2n) is 5.51. The number of likely N-dealkylation sites (N-methyl/N-ethyl adjacent to an activating group) is 1. The van der Waals surface area contributed by atoms with Gasteiger partial charge < -0.3 is 10.2 Å². The Morgan fingerprint density at radius 3 is 2.90 bits per heavy atom. The van der Waals surface area contributed by atoms with E-state index in [1.807, 2.05) is 32.0 Å².